The van der Waals surface area contributed by atoms with Gasteiger partial charge in [-0.2, -0.15) is 0 Å². The average Bonchev–Trinajstić information content (AvgIpc) is 2.93. The Hall–Kier alpha value is -3.55. The number of ether oxygens (including phenoxy) is 1. The zero-order valence-corrected chi connectivity index (χ0v) is 20.4. The van der Waals surface area contributed by atoms with E-state index in [0.717, 1.165) is 45.3 Å². The molecule has 7 heteroatoms. The lowest BCUT2D eigenvalue weighted by Gasteiger charge is -2.34. The number of rotatable bonds is 9. The van der Waals surface area contributed by atoms with Crippen LogP contribution in [0.25, 0.3) is 11.0 Å². The van der Waals surface area contributed by atoms with Crippen LogP contribution in [0.4, 0.5) is 0 Å². The summed E-state index contributed by atoms with van der Waals surface area (Å²) in [6.07, 6.45) is 5.62. The van der Waals surface area contributed by atoms with Crippen LogP contribution in [0.1, 0.15) is 42.9 Å². The first-order valence-electron chi connectivity index (χ1n) is 12.7. The van der Waals surface area contributed by atoms with Crippen molar-refractivity contribution in [3.05, 3.63) is 111 Å². The van der Waals surface area contributed by atoms with Crippen LogP contribution in [-0.2, 0) is 11.3 Å². The molecular weight excluding hydrogens is 452 g/mol. The number of nitrogens with one attached hydrogen (secondary N) is 1. The van der Waals surface area contributed by atoms with E-state index in [9.17, 15) is 9.59 Å². The molecule has 5 rings (SSSR count). The van der Waals surface area contributed by atoms with Gasteiger partial charge in [-0.05, 0) is 55.5 Å². The molecule has 0 spiro atoms. The molecule has 4 aromatic rings. The Morgan fingerprint density at radius 2 is 1.50 bits per heavy atom. The highest BCUT2D eigenvalue weighted by Crippen LogP contribution is 2.30. The van der Waals surface area contributed by atoms with Crippen molar-refractivity contribution in [3.8, 4) is 0 Å². The fourth-order valence-electron chi connectivity index (χ4n) is 5.00. The Bertz CT molecular complexity index is 1340. The number of fused-ring (bicyclic) bond motifs is 1. The number of pyridine rings is 1. The second kappa shape index (κ2) is 11.5. The van der Waals surface area contributed by atoms with Crippen LogP contribution < -0.4 is 11.2 Å². The maximum atomic E-state index is 12.3. The largest absolute Gasteiger partial charge is 0.365 e. The van der Waals surface area contributed by atoms with E-state index in [4.69, 9.17) is 4.74 Å². The number of aryl methyl sites for hydroxylation is 1. The van der Waals surface area contributed by atoms with Crippen molar-refractivity contribution in [1.82, 2.24) is 19.4 Å². The number of hydrogen-bond donors (Lipinski definition) is 1. The molecule has 0 atom stereocenters. The highest BCUT2D eigenvalue weighted by molar-refractivity contribution is 5.73. The number of unbranched alkanes of at least 4 members (excludes halogenated alkanes) is 1. The molecule has 0 radical (unpaired) electrons. The summed E-state index contributed by atoms with van der Waals surface area (Å²) in [5.41, 5.74) is 2.05. The lowest BCUT2D eigenvalue weighted by molar-refractivity contribution is -0.0271. The summed E-state index contributed by atoms with van der Waals surface area (Å²) in [6, 6.07) is 24.3. The number of H-pyrrole nitrogens is 1. The molecule has 2 aromatic carbocycles. The zero-order valence-electron chi connectivity index (χ0n) is 20.4. The molecule has 0 amide bonds. The summed E-state index contributed by atoms with van der Waals surface area (Å²) in [4.78, 5) is 33.5. The van der Waals surface area contributed by atoms with Gasteiger partial charge < -0.3 is 9.64 Å². The minimum Gasteiger partial charge on any atom is -0.365 e. The van der Waals surface area contributed by atoms with E-state index in [-0.39, 0.29) is 17.8 Å². The van der Waals surface area contributed by atoms with Crippen LogP contribution in [-0.4, -0.2) is 45.2 Å². The Balaban J connectivity index is 1.12. The maximum absolute atomic E-state index is 12.3. The molecule has 1 N–H and O–H groups in total. The van der Waals surface area contributed by atoms with Crippen LogP contribution in [0.3, 0.4) is 0 Å². The molecule has 1 aliphatic rings. The maximum Gasteiger partial charge on any atom is 0.329 e. The van der Waals surface area contributed by atoms with Crippen molar-refractivity contribution in [2.45, 2.75) is 44.4 Å². The summed E-state index contributed by atoms with van der Waals surface area (Å²) in [5.74, 6) is 0. The van der Waals surface area contributed by atoms with Gasteiger partial charge in [-0.25, -0.2) is 9.78 Å². The fraction of sp³-hybridized carbons (Fsp3) is 0.345. The van der Waals surface area contributed by atoms with Gasteiger partial charge in [0.1, 0.15) is 11.8 Å². The normalized spacial score (nSPS) is 15.0. The van der Waals surface area contributed by atoms with E-state index in [1.54, 1.807) is 22.9 Å². The van der Waals surface area contributed by atoms with Gasteiger partial charge in [0.2, 0.25) is 0 Å². The summed E-state index contributed by atoms with van der Waals surface area (Å²) in [6.45, 7) is 3.53. The van der Waals surface area contributed by atoms with Crippen LogP contribution in [0.5, 0.6) is 0 Å². The lowest BCUT2D eigenvalue weighted by atomic mass is 10.00. The van der Waals surface area contributed by atoms with E-state index < -0.39 is 5.69 Å². The molecule has 3 heterocycles. The third kappa shape index (κ3) is 5.64. The van der Waals surface area contributed by atoms with Gasteiger partial charge in [0.05, 0.1) is 11.5 Å². The van der Waals surface area contributed by atoms with Crippen molar-refractivity contribution >= 4 is 11.0 Å². The molecule has 0 bridgehead atoms. The van der Waals surface area contributed by atoms with Crippen LogP contribution in [0.15, 0.2) is 88.6 Å². The summed E-state index contributed by atoms with van der Waals surface area (Å²) in [5, 5.41) is 0.448. The van der Waals surface area contributed by atoms with Gasteiger partial charge in [-0.1, -0.05) is 60.7 Å². The quantitative estimate of drug-likeness (QED) is 0.361. The fourth-order valence-corrected chi connectivity index (χ4v) is 5.00. The Morgan fingerprint density at radius 3 is 2.17 bits per heavy atom. The second-order valence-electron chi connectivity index (χ2n) is 9.37. The molecule has 1 aliphatic heterocycles. The number of aromatic amines is 1. The Morgan fingerprint density at radius 1 is 0.861 bits per heavy atom. The van der Waals surface area contributed by atoms with Gasteiger partial charge in [-0.15, -0.1) is 0 Å². The van der Waals surface area contributed by atoms with Crippen LogP contribution in [0.2, 0.25) is 0 Å². The highest BCUT2D eigenvalue weighted by atomic mass is 16.5. The third-order valence-electron chi connectivity index (χ3n) is 6.93. The van der Waals surface area contributed by atoms with Gasteiger partial charge in [0.15, 0.2) is 0 Å². The zero-order chi connectivity index (χ0) is 24.7. The first-order valence-corrected chi connectivity index (χ1v) is 12.7. The smallest absolute Gasteiger partial charge is 0.329 e. The number of benzene rings is 2. The van der Waals surface area contributed by atoms with Crippen LogP contribution in [0, 0.1) is 0 Å². The van der Waals surface area contributed by atoms with E-state index in [1.807, 2.05) is 12.1 Å². The summed E-state index contributed by atoms with van der Waals surface area (Å²) < 4.78 is 8.23. The van der Waals surface area contributed by atoms with Crippen molar-refractivity contribution in [1.29, 1.82) is 0 Å². The Labute approximate surface area is 210 Å². The SMILES string of the molecule is O=c1[nH]c(=O)n(CCCCN2CCC(OC(c3ccccc3)c3ccccc3)CC2)c2ncccc12. The predicted molar refractivity (Wildman–Crippen MR) is 141 cm³/mol. The number of nitrogens with zero attached hydrogens (tertiary/aromatic N) is 3. The van der Waals surface area contributed by atoms with Crippen molar-refractivity contribution in [2.24, 2.45) is 0 Å². The monoisotopic (exact) mass is 484 g/mol. The number of aromatic nitrogens is 3. The average molecular weight is 485 g/mol. The van der Waals surface area contributed by atoms with Crippen molar-refractivity contribution in [3.63, 3.8) is 0 Å². The van der Waals surface area contributed by atoms with Crippen LogP contribution >= 0.6 is 0 Å². The summed E-state index contributed by atoms with van der Waals surface area (Å²) in [7, 11) is 0. The molecule has 0 unspecified atom stereocenters. The molecule has 36 heavy (non-hydrogen) atoms. The molecule has 1 saturated heterocycles. The molecule has 7 nitrogen and oxygen atoms in total. The van der Waals surface area contributed by atoms with Gasteiger partial charge >= 0.3 is 5.69 Å². The number of piperidine rings is 1. The molecular formula is C29H32N4O3. The summed E-state index contributed by atoms with van der Waals surface area (Å²) >= 11 is 0. The van der Waals surface area contributed by atoms with E-state index in [1.165, 1.54) is 11.1 Å². The van der Waals surface area contributed by atoms with Gasteiger partial charge in [0.25, 0.3) is 5.56 Å². The second-order valence-corrected chi connectivity index (χ2v) is 9.37. The molecule has 1 fully saturated rings. The number of likely N-dealkylation sites (tertiary alicyclic amines) is 1. The van der Waals surface area contributed by atoms with Crippen molar-refractivity contribution in [2.75, 3.05) is 19.6 Å². The predicted octanol–water partition coefficient (Wildman–Crippen LogP) is 4.14. The standard InChI is InChI=1S/C29H32N4O3/c34-28-25-14-9-17-30-27(25)33(29(35)31-28)19-8-7-18-32-20-15-24(16-21-32)36-26(22-10-3-1-4-11-22)23-12-5-2-6-13-23/h1-6,9-14,17,24,26H,7-8,15-16,18-21H2,(H,31,34,35). The molecule has 0 saturated carbocycles. The minimum atomic E-state index is -0.393. The Kier molecular flexibility index (Phi) is 7.69. The molecule has 0 aliphatic carbocycles. The van der Waals surface area contributed by atoms with Gasteiger partial charge in [-0.3, -0.25) is 14.3 Å². The third-order valence-corrected chi connectivity index (χ3v) is 6.93. The van der Waals surface area contributed by atoms with Gasteiger partial charge in [0, 0.05) is 25.8 Å². The van der Waals surface area contributed by atoms with Crippen molar-refractivity contribution < 1.29 is 4.74 Å². The highest BCUT2D eigenvalue weighted by Gasteiger charge is 2.24. The molecule has 186 valence electrons. The minimum absolute atomic E-state index is 0.0528. The lowest BCUT2D eigenvalue weighted by Crippen LogP contribution is -2.38. The van der Waals surface area contributed by atoms with E-state index in [0.29, 0.717) is 17.6 Å². The van der Waals surface area contributed by atoms with E-state index >= 15 is 0 Å². The van der Waals surface area contributed by atoms with E-state index in [2.05, 4.69) is 63.4 Å². The first kappa shape index (κ1) is 24.2. The first-order chi connectivity index (χ1) is 17.7. The number of hydrogen-bond acceptors (Lipinski definition) is 5. The topological polar surface area (TPSA) is 80.2 Å². The molecule has 2 aromatic heterocycles.